The highest BCUT2D eigenvalue weighted by Gasteiger charge is 2.08. The molecular weight excluding hydrogens is 396 g/mol. The van der Waals surface area contributed by atoms with Crippen LogP contribution in [0.4, 0.5) is 11.8 Å². The van der Waals surface area contributed by atoms with Crippen molar-refractivity contribution < 1.29 is 0 Å². The molecule has 6 nitrogen and oxygen atoms in total. The van der Waals surface area contributed by atoms with E-state index in [0.29, 0.717) is 24.7 Å². The minimum absolute atomic E-state index is 0.503. The highest BCUT2D eigenvalue weighted by atomic mass is 15.1. The molecule has 0 saturated heterocycles. The zero-order valence-corrected chi connectivity index (χ0v) is 17.4. The first-order valence-electron chi connectivity index (χ1n) is 10.6. The smallest absolute Gasteiger partial charge is 0.224 e. The first-order chi connectivity index (χ1) is 15.7. The summed E-state index contributed by atoms with van der Waals surface area (Å²) in [7, 11) is 0. The van der Waals surface area contributed by atoms with Crippen molar-refractivity contribution in [3.05, 3.63) is 95.8 Å². The Morgan fingerprint density at radius 3 is 2.62 bits per heavy atom. The number of hydrogen-bond acceptors (Lipinski definition) is 4. The van der Waals surface area contributed by atoms with Crippen LogP contribution in [0.15, 0.2) is 79.1 Å². The minimum Gasteiger partial charge on any atom is -0.383 e. The second-order valence-electron chi connectivity index (χ2n) is 8.08. The lowest BCUT2D eigenvalue weighted by atomic mass is 10.1. The van der Waals surface area contributed by atoms with E-state index in [1.807, 2.05) is 18.5 Å². The van der Waals surface area contributed by atoms with Crippen LogP contribution < -0.4 is 11.1 Å². The summed E-state index contributed by atoms with van der Waals surface area (Å²) in [5.41, 5.74) is 12.9. The van der Waals surface area contributed by atoms with Gasteiger partial charge in [0.15, 0.2) is 0 Å². The number of nitrogen functional groups attached to an aromatic ring is 1. The van der Waals surface area contributed by atoms with Crippen molar-refractivity contribution in [2.75, 3.05) is 11.1 Å². The van der Waals surface area contributed by atoms with Gasteiger partial charge in [0.25, 0.3) is 0 Å². The summed E-state index contributed by atoms with van der Waals surface area (Å²) in [6, 6.07) is 23.2. The summed E-state index contributed by atoms with van der Waals surface area (Å²) in [6.45, 7) is 0.623. The predicted molar refractivity (Wildman–Crippen MR) is 131 cm³/mol. The average Bonchev–Trinajstić information content (AvgIpc) is 3.43. The Bertz CT molecular complexity index is 1580. The van der Waals surface area contributed by atoms with Gasteiger partial charge in [-0.1, -0.05) is 30.3 Å². The Kier molecular flexibility index (Phi) is 4.28. The van der Waals surface area contributed by atoms with Crippen LogP contribution in [0, 0.1) is 0 Å². The van der Waals surface area contributed by atoms with E-state index in [2.05, 4.69) is 85.9 Å². The summed E-state index contributed by atoms with van der Waals surface area (Å²) in [6.07, 6.45) is 4.46. The number of H-pyrrole nitrogens is 2. The van der Waals surface area contributed by atoms with Gasteiger partial charge in [-0.2, -0.15) is 4.98 Å². The monoisotopic (exact) mass is 418 g/mol. The average molecular weight is 419 g/mol. The number of anilines is 2. The van der Waals surface area contributed by atoms with Gasteiger partial charge < -0.3 is 21.0 Å². The van der Waals surface area contributed by atoms with E-state index in [-0.39, 0.29) is 0 Å². The van der Waals surface area contributed by atoms with Gasteiger partial charge in [0.05, 0.1) is 0 Å². The van der Waals surface area contributed by atoms with Gasteiger partial charge in [0.1, 0.15) is 5.82 Å². The van der Waals surface area contributed by atoms with Gasteiger partial charge in [-0.25, -0.2) is 4.98 Å². The molecule has 6 aromatic rings. The molecule has 0 amide bonds. The van der Waals surface area contributed by atoms with E-state index in [1.54, 1.807) is 0 Å². The summed E-state index contributed by atoms with van der Waals surface area (Å²) >= 11 is 0. The molecule has 5 N–H and O–H groups in total. The second kappa shape index (κ2) is 7.42. The Labute approximate surface area is 184 Å². The van der Waals surface area contributed by atoms with Crippen LogP contribution >= 0.6 is 0 Å². The Hall–Kier alpha value is -4.32. The standard InChI is InChI=1S/C26H22N6/c27-25-19(12-16-5-7-22-18(11-16)9-10-28-22)15-30-26(32-25)29-14-17-6-8-24-21(13-17)20-3-1-2-4-23(20)31-24/h1-11,13,15,28,31H,12,14H2,(H3,27,29,30,32). The van der Waals surface area contributed by atoms with E-state index in [0.717, 1.165) is 27.7 Å². The van der Waals surface area contributed by atoms with E-state index in [9.17, 15) is 0 Å². The molecule has 0 radical (unpaired) electrons. The van der Waals surface area contributed by atoms with Crippen molar-refractivity contribution in [1.82, 2.24) is 19.9 Å². The molecule has 3 aromatic carbocycles. The molecule has 0 aliphatic heterocycles. The van der Waals surface area contributed by atoms with Gasteiger partial charge >= 0.3 is 0 Å². The number of aromatic amines is 2. The molecule has 0 unspecified atom stereocenters. The molecule has 32 heavy (non-hydrogen) atoms. The lowest BCUT2D eigenvalue weighted by molar-refractivity contribution is 1.03. The number of fused-ring (bicyclic) bond motifs is 4. The van der Waals surface area contributed by atoms with Crippen LogP contribution in [0.25, 0.3) is 32.7 Å². The van der Waals surface area contributed by atoms with Crippen molar-refractivity contribution in [2.45, 2.75) is 13.0 Å². The molecule has 3 heterocycles. The van der Waals surface area contributed by atoms with Gasteiger partial charge in [-0.15, -0.1) is 0 Å². The largest absolute Gasteiger partial charge is 0.383 e. The maximum atomic E-state index is 6.25. The Balaban J connectivity index is 1.19. The Morgan fingerprint density at radius 1 is 0.844 bits per heavy atom. The van der Waals surface area contributed by atoms with Crippen LogP contribution in [0.5, 0.6) is 0 Å². The number of benzene rings is 3. The third kappa shape index (κ3) is 3.32. The fourth-order valence-corrected chi connectivity index (χ4v) is 4.26. The third-order valence-electron chi connectivity index (χ3n) is 5.93. The number of nitrogens with zero attached hydrogens (tertiary/aromatic N) is 2. The fraction of sp³-hybridized carbons (Fsp3) is 0.0769. The maximum absolute atomic E-state index is 6.25. The zero-order valence-electron chi connectivity index (χ0n) is 17.4. The molecule has 0 atom stereocenters. The van der Waals surface area contributed by atoms with E-state index in [1.165, 1.54) is 21.7 Å². The number of nitrogens with one attached hydrogen (secondary N) is 3. The SMILES string of the molecule is Nc1nc(NCc2ccc3[nH]c4ccccc4c3c2)ncc1Cc1ccc2[nH]ccc2c1. The topological polar surface area (TPSA) is 95.4 Å². The first-order valence-corrected chi connectivity index (χ1v) is 10.6. The van der Waals surface area contributed by atoms with Gasteiger partial charge in [-0.05, 0) is 52.9 Å². The molecule has 156 valence electrons. The maximum Gasteiger partial charge on any atom is 0.224 e. The van der Waals surface area contributed by atoms with Crippen molar-refractivity contribution in [3.63, 3.8) is 0 Å². The van der Waals surface area contributed by atoms with Crippen molar-refractivity contribution in [1.29, 1.82) is 0 Å². The van der Waals surface area contributed by atoms with Crippen molar-refractivity contribution in [3.8, 4) is 0 Å². The van der Waals surface area contributed by atoms with Gasteiger partial charge in [-0.3, -0.25) is 0 Å². The molecular formula is C26H22N6. The third-order valence-corrected chi connectivity index (χ3v) is 5.93. The van der Waals surface area contributed by atoms with Gasteiger partial charge in [0, 0.05) is 58.2 Å². The first kappa shape index (κ1) is 18.4. The second-order valence-corrected chi connectivity index (χ2v) is 8.08. The number of rotatable bonds is 5. The van der Waals surface area contributed by atoms with Crippen LogP contribution in [-0.2, 0) is 13.0 Å². The molecule has 6 rings (SSSR count). The van der Waals surface area contributed by atoms with Crippen LogP contribution in [-0.4, -0.2) is 19.9 Å². The Morgan fingerprint density at radius 2 is 1.69 bits per heavy atom. The molecule has 0 aliphatic rings. The zero-order chi connectivity index (χ0) is 21.5. The van der Waals surface area contributed by atoms with Crippen LogP contribution in [0.3, 0.4) is 0 Å². The van der Waals surface area contributed by atoms with E-state index >= 15 is 0 Å². The van der Waals surface area contributed by atoms with Crippen molar-refractivity contribution >= 4 is 44.5 Å². The molecule has 0 aliphatic carbocycles. The minimum atomic E-state index is 0.503. The number of para-hydroxylation sites is 1. The molecule has 6 heteroatoms. The summed E-state index contributed by atoms with van der Waals surface area (Å²) in [5.74, 6) is 1.04. The quantitative estimate of drug-likeness (QED) is 0.302. The van der Waals surface area contributed by atoms with Crippen molar-refractivity contribution in [2.24, 2.45) is 0 Å². The highest BCUT2D eigenvalue weighted by Crippen LogP contribution is 2.26. The number of hydrogen-bond donors (Lipinski definition) is 4. The highest BCUT2D eigenvalue weighted by molar-refractivity contribution is 6.07. The summed E-state index contributed by atoms with van der Waals surface area (Å²) < 4.78 is 0. The normalized spacial score (nSPS) is 11.5. The number of nitrogens with two attached hydrogens (primary N) is 1. The van der Waals surface area contributed by atoms with E-state index < -0.39 is 0 Å². The van der Waals surface area contributed by atoms with Gasteiger partial charge in [0.2, 0.25) is 5.95 Å². The molecule has 0 spiro atoms. The molecule has 0 bridgehead atoms. The molecule has 3 aromatic heterocycles. The lowest BCUT2D eigenvalue weighted by Gasteiger charge is -2.09. The molecule has 0 saturated carbocycles. The van der Waals surface area contributed by atoms with Crippen LogP contribution in [0.1, 0.15) is 16.7 Å². The van der Waals surface area contributed by atoms with E-state index in [4.69, 9.17) is 5.73 Å². The summed E-state index contributed by atoms with van der Waals surface area (Å²) in [4.78, 5) is 15.6. The summed E-state index contributed by atoms with van der Waals surface area (Å²) in [5, 5.41) is 6.94. The molecule has 0 fully saturated rings. The number of aromatic nitrogens is 4. The lowest BCUT2D eigenvalue weighted by Crippen LogP contribution is -2.07. The van der Waals surface area contributed by atoms with Crippen LogP contribution in [0.2, 0.25) is 0 Å². The predicted octanol–water partition coefficient (Wildman–Crippen LogP) is 5.38. The fourth-order valence-electron chi connectivity index (χ4n) is 4.26.